The summed E-state index contributed by atoms with van der Waals surface area (Å²) in [6.07, 6.45) is 5.37. The highest BCUT2D eigenvalue weighted by molar-refractivity contribution is 5.76. The largest absolute Gasteiger partial charge is 0.481 e. The molecule has 0 radical (unpaired) electrons. The third-order valence-electron chi connectivity index (χ3n) is 5.53. The fourth-order valence-corrected chi connectivity index (χ4v) is 5.05. The van der Waals surface area contributed by atoms with E-state index in [2.05, 4.69) is 13.8 Å². The van der Waals surface area contributed by atoms with Gasteiger partial charge >= 0.3 is 5.97 Å². The molecule has 4 aliphatic rings. The van der Waals surface area contributed by atoms with Crippen LogP contribution in [0.3, 0.4) is 0 Å². The van der Waals surface area contributed by atoms with Gasteiger partial charge in [0, 0.05) is 0 Å². The van der Waals surface area contributed by atoms with Crippen molar-refractivity contribution in [2.45, 2.75) is 46.0 Å². The summed E-state index contributed by atoms with van der Waals surface area (Å²) in [5.41, 5.74) is 0.313. The average Bonchev–Trinajstić information content (AvgIpc) is 2.25. The van der Waals surface area contributed by atoms with Gasteiger partial charge in [-0.05, 0) is 48.9 Å². The van der Waals surface area contributed by atoms with E-state index in [1.165, 1.54) is 12.8 Å². The van der Waals surface area contributed by atoms with Gasteiger partial charge in [0.05, 0.1) is 5.41 Å². The molecule has 4 fully saturated rings. The van der Waals surface area contributed by atoms with Crippen LogP contribution in [0.25, 0.3) is 0 Å². The van der Waals surface area contributed by atoms with Crippen LogP contribution in [0.5, 0.6) is 0 Å². The maximum absolute atomic E-state index is 11.4. The monoisotopic (exact) mass is 194 g/mol. The number of rotatable bonds is 1. The van der Waals surface area contributed by atoms with E-state index in [1.54, 1.807) is 0 Å². The van der Waals surface area contributed by atoms with Crippen molar-refractivity contribution in [2.75, 3.05) is 0 Å². The summed E-state index contributed by atoms with van der Waals surface area (Å²) in [4.78, 5) is 11.4. The first-order chi connectivity index (χ1) is 6.39. The van der Waals surface area contributed by atoms with Gasteiger partial charge in [-0.1, -0.05) is 13.8 Å². The van der Waals surface area contributed by atoms with Crippen LogP contribution < -0.4 is 0 Å². The van der Waals surface area contributed by atoms with Crippen molar-refractivity contribution in [2.24, 2.45) is 22.2 Å². The minimum Gasteiger partial charge on any atom is -0.481 e. The zero-order valence-corrected chi connectivity index (χ0v) is 8.97. The molecule has 4 bridgehead atoms. The molecular formula is C12H18O2. The Morgan fingerprint density at radius 1 is 1.14 bits per heavy atom. The van der Waals surface area contributed by atoms with Crippen molar-refractivity contribution in [3.05, 3.63) is 0 Å². The number of carboxylic acid groups (broad SMARTS) is 1. The number of carbonyl (C=O) groups is 1. The van der Waals surface area contributed by atoms with E-state index in [0.717, 1.165) is 19.3 Å². The Bertz CT molecular complexity index is 302. The lowest BCUT2D eigenvalue weighted by Gasteiger charge is -2.36. The summed E-state index contributed by atoms with van der Waals surface area (Å²) < 4.78 is 0. The van der Waals surface area contributed by atoms with Crippen LogP contribution >= 0.6 is 0 Å². The molecule has 0 aromatic heterocycles. The molecule has 78 valence electrons. The van der Waals surface area contributed by atoms with Gasteiger partial charge in [0.25, 0.3) is 0 Å². The highest BCUT2D eigenvalue weighted by Gasteiger charge is 2.69. The Morgan fingerprint density at radius 2 is 1.64 bits per heavy atom. The minimum atomic E-state index is -0.531. The summed E-state index contributed by atoms with van der Waals surface area (Å²) >= 11 is 0. The second-order valence-electron chi connectivity index (χ2n) is 6.54. The molecule has 2 nitrogen and oxygen atoms in total. The lowest BCUT2D eigenvalue weighted by Crippen LogP contribution is -2.36. The smallest absolute Gasteiger partial charge is 0.309 e. The first-order valence-electron chi connectivity index (χ1n) is 5.63. The molecule has 0 aliphatic heterocycles. The van der Waals surface area contributed by atoms with E-state index < -0.39 is 5.97 Å². The second-order valence-corrected chi connectivity index (χ2v) is 6.54. The first kappa shape index (κ1) is 8.75. The Hall–Kier alpha value is -0.530. The van der Waals surface area contributed by atoms with E-state index in [9.17, 15) is 9.90 Å². The lowest BCUT2D eigenvalue weighted by atomic mass is 9.67. The zero-order chi connectivity index (χ0) is 10.2. The summed E-state index contributed by atoms with van der Waals surface area (Å²) in [5.74, 6) is 0.167. The van der Waals surface area contributed by atoms with Crippen LogP contribution in [-0.2, 0) is 4.79 Å². The van der Waals surface area contributed by atoms with Crippen molar-refractivity contribution in [1.29, 1.82) is 0 Å². The molecule has 0 amide bonds. The van der Waals surface area contributed by atoms with Gasteiger partial charge in [-0.3, -0.25) is 4.79 Å². The van der Waals surface area contributed by atoms with Crippen molar-refractivity contribution in [3.63, 3.8) is 0 Å². The highest BCUT2D eigenvalue weighted by Crippen LogP contribution is 2.76. The van der Waals surface area contributed by atoms with Crippen molar-refractivity contribution < 1.29 is 9.90 Å². The third-order valence-corrected chi connectivity index (χ3v) is 5.53. The lowest BCUT2D eigenvalue weighted by molar-refractivity contribution is -0.152. The van der Waals surface area contributed by atoms with Crippen molar-refractivity contribution in [3.8, 4) is 0 Å². The van der Waals surface area contributed by atoms with E-state index in [0.29, 0.717) is 16.7 Å². The molecule has 0 saturated heterocycles. The summed E-state index contributed by atoms with van der Waals surface area (Å²) in [5, 5.41) is 9.38. The molecular weight excluding hydrogens is 176 g/mol. The topological polar surface area (TPSA) is 37.3 Å². The molecule has 0 aromatic carbocycles. The summed E-state index contributed by atoms with van der Waals surface area (Å²) in [6.45, 7) is 4.63. The molecule has 14 heavy (non-hydrogen) atoms. The van der Waals surface area contributed by atoms with Crippen LogP contribution in [0.1, 0.15) is 46.0 Å². The Kier molecular flexibility index (Phi) is 1.27. The standard InChI is InChI=1S/C12H18O2/c1-10-3-8-4-11(10,2)7-12(5-8,6-10)9(13)14/h8H,3-7H2,1-2H3,(H,13,14)/t8?,10-,11-,12?/m0/s1. The average molecular weight is 194 g/mol. The number of aliphatic carboxylic acids is 1. The number of carboxylic acids is 1. The maximum atomic E-state index is 11.4. The molecule has 0 spiro atoms. The fourth-order valence-electron chi connectivity index (χ4n) is 5.05. The molecule has 0 aromatic rings. The Labute approximate surface area is 84.7 Å². The van der Waals surface area contributed by atoms with Crippen molar-refractivity contribution in [1.82, 2.24) is 0 Å². The van der Waals surface area contributed by atoms with E-state index in [-0.39, 0.29) is 5.41 Å². The molecule has 4 saturated carbocycles. The van der Waals surface area contributed by atoms with Crippen molar-refractivity contribution >= 4 is 5.97 Å². The molecule has 1 N–H and O–H groups in total. The molecule has 0 heterocycles. The second kappa shape index (κ2) is 2.02. The number of hydrogen-bond donors (Lipinski definition) is 1. The Morgan fingerprint density at radius 3 is 2.00 bits per heavy atom. The molecule has 0 unspecified atom stereocenters. The zero-order valence-electron chi connectivity index (χ0n) is 8.97. The van der Waals surface area contributed by atoms with E-state index in [4.69, 9.17) is 0 Å². The summed E-state index contributed by atoms with van der Waals surface area (Å²) in [7, 11) is 0. The van der Waals surface area contributed by atoms with Gasteiger partial charge < -0.3 is 5.11 Å². The van der Waals surface area contributed by atoms with Crippen LogP contribution in [0.4, 0.5) is 0 Å². The molecule has 2 heteroatoms. The summed E-state index contributed by atoms with van der Waals surface area (Å²) in [6, 6.07) is 0. The van der Waals surface area contributed by atoms with Crippen LogP contribution in [0.2, 0.25) is 0 Å². The molecule has 2 atom stereocenters. The van der Waals surface area contributed by atoms with Gasteiger partial charge in [0.15, 0.2) is 0 Å². The SMILES string of the molecule is C[C@]12CC3CC(C(=O)O)(C1)C[C@]2(C)C3. The molecule has 4 rings (SSSR count). The predicted octanol–water partition coefficient (Wildman–Crippen LogP) is 2.68. The first-order valence-corrected chi connectivity index (χ1v) is 5.63. The van der Waals surface area contributed by atoms with Gasteiger partial charge in [-0.2, -0.15) is 0 Å². The van der Waals surface area contributed by atoms with Crippen LogP contribution in [0.15, 0.2) is 0 Å². The quantitative estimate of drug-likeness (QED) is 0.696. The van der Waals surface area contributed by atoms with Gasteiger partial charge in [-0.25, -0.2) is 0 Å². The van der Waals surface area contributed by atoms with Gasteiger partial charge in [0.1, 0.15) is 0 Å². The van der Waals surface area contributed by atoms with Gasteiger partial charge in [0.2, 0.25) is 0 Å². The normalized spacial score (nSPS) is 59.4. The maximum Gasteiger partial charge on any atom is 0.309 e. The Balaban J connectivity index is 2.09. The fraction of sp³-hybridized carbons (Fsp3) is 0.917. The van der Waals surface area contributed by atoms with E-state index in [1.807, 2.05) is 0 Å². The number of hydrogen-bond acceptors (Lipinski definition) is 1. The van der Waals surface area contributed by atoms with Gasteiger partial charge in [-0.15, -0.1) is 0 Å². The molecule has 4 aliphatic carbocycles. The van der Waals surface area contributed by atoms with Crippen LogP contribution in [0, 0.1) is 22.2 Å². The minimum absolute atomic E-state index is 0.328. The third kappa shape index (κ3) is 0.731. The predicted molar refractivity (Wildman–Crippen MR) is 52.9 cm³/mol. The highest BCUT2D eigenvalue weighted by atomic mass is 16.4. The van der Waals surface area contributed by atoms with Crippen LogP contribution in [-0.4, -0.2) is 11.1 Å². The van der Waals surface area contributed by atoms with E-state index >= 15 is 0 Å².